The topological polar surface area (TPSA) is 98.7 Å². The molecule has 4 rings (SSSR count). The van der Waals surface area contributed by atoms with Gasteiger partial charge in [0.05, 0.1) is 11.5 Å². The van der Waals surface area contributed by atoms with Gasteiger partial charge in [-0.2, -0.15) is 0 Å². The standard InChI is InChI=1S/C21H23N3O4S/c25-13-21(7-8-21)12-22-18(26)19(27)23-15-5-6-16-14(11-15)3-1-9-24(16)20(28)17-4-2-10-29-17/h2,4-6,10-11,25H,1,3,7-9,12-13H2,(H,22,26)(H,23,27). The summed E-state index contributed by atoms with van der Waals surface area (Å²) in [7, 11) is 0. The number of nitrogens with one attached hydrogen (secondary N) is 2. The van der Waals surface area contributed by atoms with Crippen LogP contribution >= 0.6 is 11.3 Å². The minimum atomic E-state index is -0.735. The molecule has 3 N–H and O–H groups in total. The van der Waals surface area contributed by atoms with E-state index in [2.05, 4.69) is 10.6 Å². The molecule has 7 nitrogen and oxygen atoms in total. The fourth-order valence-corrected chi connectivity index (χ4v) is 4.19. The molecule has 1 aliphatic heterocycles. The first-order valence-corrected chi connectivity index (χ1v) is 10.6. The second-order valence-corrected chi connectivity index (χ2v) is 8.62. The number of thiophene rings is 1. The fraction of sp³-hybridized carbons (Fsp3) is 0.381. The van der Waals surface area contributed by atoms with Gasteiger partial charge in [-0.3, -0.25) is 14.4 Å². The summed E-state index contributed by atoms with van der Waals surface area (Å²) in [5.41, 5.74) is 2.09. The summed E-state index contributed by atoms with van der Waals surface area (Å²) in [4.78, 5) is 39.5. The van der Waals surface area contributed by atoms with Crippen molar-refractivity contribution in [2.24, 2.45) is 5.41 Å². The van der Waals surface area contributed by atoms with Crippen molar-refractivity contribution in [2.75, 3.05) is 29.9 Å². The summed E-state index contributed by atoms with van der Waals surface area (Å²) >= 11 is 1.42. The summed E-state index contributed by atoms with van der Waals surface area (Å²) < 4.78 is 0. The van der Waals surface area contributed by atoms with E-state index >= 15 is 0 Å². The van der Waals surface area contributed by atoms with E-state index in [9.17, 15) is 19.5 Å². The first-order chi connectivity index (χ1) is 14.0. The maximum absolute atomic E-state index is 12.8. The molecule has 3 amide bonds. The Kier molecular flexibility index (Phi) is 5.38. The zero-order chi connectivity index (χ0) is 20.4. The number of hydrogen-bond acceptors (Lipinski definition) is 5. The van der Waals surface area contributed by atoms with Crippen LogP contribution in [0.2, 0.25) is 0 Å². The van der Waals surface area contributed by atoms with Gasteiger partial charge in [-0.15, -0.1) is 11.3 Å². The largest absolute Gasteiger partial charge is 0.396 e. The number of hydrogen-bond donors (Lipinski definition) is 3. The SMILES string of the molecule is O=C(NCC1(CO)CC1)C(=O)Nc1ccc2c(c1)CCCN2C(=O)c1cccs1. The highest BCUT2D eigenvalue weighted by Crippen LogP contribution is 2.44. The van der Waals surface area contributed by atoms with Crippen molar-refractivity contribution in [2.45, 2.75) is 25.7 Å². The Balaban J connectivity index is 1.42. The number of carbonyl (C=O) groups is 3. The molecule has 1 saturated carbocycles. The van der Waals surface area contributed by atoms with Gasteiger partial charge < -0.3 is 20.6 Å². The number of nitrogens with zero attached hydrogens (tertiary/aromatic N) is 1. The van der Waals surface area contributed by atoms with E-state index in [-0.39, 0.29) is 17.9 Å². The second-order valence-electron chi connectivity index (χ2n) is 7.68. The number of rotatable bonds is 5. The van der Waals surface area contributed by atoms with Crippen molar-refractivity contribution in [3.05, 3.63) is 46.2 Å². The highest BCUT2D eigenvalue weighted by atomic mass is 32.1. The number of carbonyl (C=O) groups excluding carboxylic acids is 3. The zero-order valence-electron chi connectivity index (χ0n) is 15.9. The van der Waals surface area contributed by atoms with E-state index in [1.165, 1.54) is 11.3 Å². The van der Waals surface area contributed by atoms with Crippen molar-refractivity contribution < 1.29 is 19.5 Å². The number of anilines is 2. The molecule has 1 aromatic heterocycles. The summed E-state index contributed by atoms with van der Waals surface area (Å²) in [5.74, 6) is -1.46. The third kappa shape index (κ3) is 4.18. The lowest BCUT2D eigenvalue weighted by Crippen LogP contribution is -2.39. The van der Waals surface area contributed by atoms with Crippen LogP contribution in [-0.4, -0.2) is 42.5 Å². The average molecular weight is 413 g/mol. The molecular weight excluding hydrogens is 390 g/mol. The van der Waals surface area contributed by atoms with Crippen molar-refractivity contribution in [3.8, 4) is 0 Å². The van der Waals surface area contributed by atoms with Crippen LogP contribution in [0.25, 0.3) is 0 Å². The van der Waals surface area contributed by atoms with E-state index in [0.29, 0.717) is 23.7 Å². The molecule has 0 radical (unpaired) electrons. The lowest BCUT2D eigenvalue weighted by atomic mass is 10.0. The molecule has 0 spiro atoms. The quantitative estimate of drug-likeness (QED) is 0.654. The summed E-state index contributed by atoms with van der Waals surface area (Å²) in [6.45, 7) is 0.977. The van der Waals surface area contributed by atoms with Crippen LogP contribution in [0.15, 0.2) is 35.7 Å². The van der Waals surface area contributed by atoms with Crippen LogP contribution in [0.4, 0.5) is 11.4 Å². The minimum absolute atomic E-state index is 0.0143. The van der Waals surface area contributed by atoms with Gasteiger partial charge >= 0.3 is 11.8 Å². The van der Waals surface area contributed by atoms with Gasteiger partial charge in [-0.1, -0.05) is 6.07 Å². The van der Waals surface area contributed by atoms with Gasteiger partial charge in [0.25, 0.3) is 5.91 Å². The second kappa shape index (κ2) is 7.96. The molecule has 1 fully saturated rings. The molecule has 0 bridgehead atoms. The number of amides is 3. The number of aliphatic hydroxyl groups excluding tert-OH is 1. The van der Waals surface area contributed by atoms with Crippen molar-refractivity contribution in [1.82, 2.24) is 5.32 Å². The summed E-state index contributed by atoms with van der Waals surface area (Å²) in [6, 6.07) is 9.03. The Morgan fingerprint density at radius 2 is 2.00 bits per heavy atom. The van der Waals surface area contributed by atoms with Crippen LogP contribution < -0.4 is 15.5 Å². The van der Waals surface area contributed by atoms with E-state index < -0.39 is 11.8 Å². The normalized spacial score (nSPS) is 16.7. The molecule has 1 aliphatic carbocycles. The third-order valence-corrected chi connectivity index (χ3v) is 6.41. The summed E-state index contributed by atoms with van der Waals surface area (Å²) in [6.07, 6.45) is 3.36. The number of benzene rings is 1. The molecule has 2 heterocycles. The van der Waals surface area contributed by atoms with Crippen molar-refractivity contribution in [1.29, 1.82) is 0 Å². The third-order valence-electron chi connectivity index (χ3n) is 5.56. The van der Waals surface area contributed by atoms with E-state index in [0.717, 1.165) is 36.9 Å². The number of fused-ring (bicyclic) bond motifs is 1. The van der Waals surface area contributed by atoms with Crippen LogP contribution in [0.5, 0.6) is 0 Å². The maximum atomic E-state index is 12.8. The molecule has 8 heteroatoms. The predicted octanol–water partition coefficient (Wildman–Crippen LogP) is 2.17. The average Bonchev–Trinajstić information content (AvgIpc) is 3.32. The van der Waals surface area contributed by atoms with E-state index in [4.69, 9.17) is 0 Å². The highest BCUT2D eigenvalue weighted by molar-refractivity contribution is 7.12. The van der Waals surface area contributed by atoms with Gasteiger partial charge in [-0.05, 0) is 60.9 Å². The van der Waals surface area contributed by atoms with Crippen molar-refractivity contribution >= 4 is 40.4 Å². The highest BCUT2D eigenvalue weighted by Gasteiger charge is 2.42. The Morgan fingerprint density at radius 3 is 2.69 bits per heavy atom. The van der Waals surface area contributed by atoms with Gasteiger partial charge in [0.2, 0.25) is 0 Å². The Labute approximate surface area is 172 Å². The van der Waals surface area contributed by atoms with E-state index in [1.54, 1.807) is 11.0 Å². The summed E-state index contributed by atoms with van der Waals surface area (Å²) in [5, 5.41) is 16.4. The van der Waals surface area contributed by atoms with Gasteiger partial charge in [0.15, 0.2) is 0 Å². The van der Waals surface area contributed by atoms with Gasteiger partial charge in [-0.25, -0.2) is 0 Å². The van der Waals surface area contributed by atoms with Crippen LogP contribution in [0.3, 0.4) is 0 Å². The predicted molar refractivity (Wildman–Crippen MR) is 111 cm³/mol. The van der Waals surface area contributed by atoms with Crippen molar-refractivity contribution in [3.63, 3.8) is 0 Å². The number of aliphatic hydroxyl groups is 1. The molecule has 29 heavy (non-hydrogen) atoms. The molecule has 1 aromatic carbocycles. The van der Waals surface area contributed by atoms with E-state index in [1.807, 2.05) is 29.6 Å². The Bertz CT molecular complexity index is 937. The molecule has 2 aromatic rings. The fourth-order valence-electron chi connectivity index (χ4n) is 3.52. The smallest absolute Gasteiger partial charge is 0.313 e. The first-order valence-electron chi connectivity index (χ1n) is 9.70. The molecule has 152 valence electrons. The van der Waals surface area contributed by atoms with Crippen LogP contribution in [-0.2, 0) is 16.0 Å². The molecular formula is C21H23N3O4S. The Hall–Kier alpha value is -2.71. The molecule has 0 atom stereocenters. The van der Waals surface area contributed by atoms with Gasteiger partial charge in [0, 0.05) is 29.9 Å². The van der Waals surface area contributed by atoms with Gasteiger partial charge in [0.1, 0.15) is 0 Å². The number of aryl methyl sites for hydroxylation is 1. The lowest BCUT2D eigenvalue weighted by molar-refractivity contribution is -0.136. The lowest BCUT2D eigenvalue weighted by Gasteiger charge is -2.29. The zero-order valence-corrected chi connectivity index (χ0v) is 16.8. The Morgan fingerprint density at radius 1 is 1.17 bits per heavy atom. The maximum Gasteiger partial charge on any atom is 0.313 e. The molecule has 0 saturated heterocycles. The van der Waals surface area contributed by atoms with Crippen LogP contribution in [0, 0.1) is 5.41 Å². The monoisotopic (exact) mass is 413 g/mol. The minimum Gasteiger partial charge on any atom is -0.396 e. The van der Waals surface area contributed by atoms with Crippen LogP contribution in [0.1, 0.15) is 34.5 Å². The molecule has 0 unspecified atom stereocenters. The first kappa shape index (κ1) is 19.6. The molecule has 2 aliphatic rings.